The van der Waals surface area contributed by atoms with Crippen LogP contribution in [0.2, 0.25) is 0 Å². The Morgan fingerprint density at radius 1 is 1.05 bits per heavy atom. The molecule has 0 atom stereocenters. The number of nitrogens with zero attached hydrogens (tertiary/aromatic N) is 3. The molecule has 5 nitrogen and oxygen atoms in total. The molecule has 0 radical (unpaired) electrons. The summed E-state index contributed by atoms with van der Waals surface area (Å²) in [5.74, 6) is -0.0427. The fourth-order valence-electron chi connectivity index (χ4n) is 2.24. The normalized spacial score (nSPS) is 10.4. The van der Waals surface area contributed by atoms with Crippen molar-refractivity contribution >= 4 is 11.6 Å². The molecule has 110 valence electrons. The molecule has 1 heterocycles. The van der Waals surface area contributed by atoms with Crippen molar-refractivity contribution in [1.82, 2.24) is 14.8 Å². The second-order valence-electron chi connectivity index (χ2n) is 4.87. The summed E-state index contributed by atoms with van der Waals surface area (Å²) < 4.78 is 1.64. The highest BCUT2D eigenvalue weighted by atomic mass is 16.1. The standard InChI is InChI=1S/C17H16N4O/c22-17(10-11-21-13-18-12-19-21)20-16-9-5-4-8-15(16)14-6-2-1-3-7-14/h1-9,12-13H,10-11H2,(H,20,22). The Morgan fingerprint density at radius 3 is 2.59 bits per heavy atom. The molecule has 1 N–H and O–H groups in total. The van der Waals surface area contributed by atoms with E-state index in [9.17, 15) is 4.79 Å². The van der Waals surface area contributed by atoms with Crippen LogP contribution in [0, 0.1) is 0 Å². The van der Waals surface area contributed by atoms with Gasteiger partial charge in [-0.15, -0.1) is 0 Å². The van der Waals surface area contributed by atoms with Crippen LogP contribution in [0.25, 0.3) is 11.1 Å². The monoisotopic (exact) mass is 292 g/mol. The van der Waals surface area contributed by atoms with Crippen molar-refractivity contribution in [3.63, 3.8) is 0 Å². The van der Waals surface area contributed by atoms with E-state index in [1.807, 2.05) is 54.6 Å². The van der Waals surface area contributed by atoms with E-state index < -0.39 is 0 Å². The summed E-state index contributed by atoms with van der Waals surface area (Å²) in [6.07, 6.45) is 3.42. The van der Waals surface area contributed by atoms with Gasteiger partial charge in [0.2, 0.25) is 5.91 Å². The fourth-order valence-corrected chi connectivity index (χ4v) is 2.24. The average molecular weight is 292 g/mol. The first-order chi connectivity index (χ1) is 10.8. The molecule has 0 aliphatic carbocycles. The van der Waals surface area contributed by atoms with E-state index in [1.165, 1.54) is 6.33 Å². The minimum absolute atomic E-state index is 0.0427. The third-order valence-electron chi connectivity index (χ3n) is 3.32. The second kappa shape index (κ2) is 6.67. The van der Waals surface area contributed by atoms with E-state index in [0.29, 0.717) is 13.0 Å². The predicted octanol–water partition coefficient (Wildman–Crippen LogP) is 2.97. The smallest absolute Gasteiger partial charge is 0.226 e. The van der Waals surface area contributed by atoms with Crippen LogP contribution in [-0.4, -0.2) is 20.7 Å². The van der Waals surface area contributed by atoms with E-state index in [4.69, 9.17) is 0 Å². The molecule has 0 unspecified atom stereocenters. The van der Waals surface area contributed by atoms with E-state index in [0.717, 1.165) is 16.8 Å². The lowest BCUT2D eigenvalue weighted by molar-refractivity contribution is -0.116. The number of anilines is 1. The molecule has 0 aliphatic heterocycles. The zero-order chi connectivity index (χ0) is 15.2. The average Bonchev–Trinajstić information content (AvgIpc) is 3.08. The number of aryl methyl sites for hydroxylation is 1. The van der Waals surface area contributed by atoms with Gasteiger partial charge in [-0.1, -0.05) is 48.5 Å². The van der Waals surface area contributed by atoms with Crippen molar-refractivity contribution < 1.29 is 4.79 Å². The van der Waals surface area contributed by atoms with Gasteiger partial charge in [-0.2, -0.15) is 5.10 Å². The molecule has 3 aromatic rings. The van der Waals surface area contributed by atoms with Gasteiger partial charge >= 0.3 is 0 Å². The number of hydrogen-bond acceptors (Lipinski definition) is 3. The molecule has 5 heteroatoms. The molecule has 0 fully saturated rings. The number of nitrogens with one attached hydrogen (secondary N) is 1. The Bertz CT molecular complexity index is 738. The van der Waals surface area contributed by atoms with Crippen molar-refractivity contribution in [2.75, 3.05) is 5.32 Å². The molecule has 0 spiro atoms. The van der Waals surface area contributed by atoms with Crippen molar-refractivity contribution in [3.8, 4) is 11.1 Å². The lowest BCUT2D eigenvalue weighted by Crippen LogP contribution is -2.15. The number of benzene rings is 2. The maximum atomic E-state index is 12.1. The first kappa shape index (κ1) is 14.0. The third-order valence-corrected chi connectivity index (χ3v) is 3.32. The highest BCUT2D eigenvalue weighted by Crippen LogP contribution is 2.27. The molecule has 2 aromatic carbocycles. The molecule has 22 heavy (non-hydrogen) atoms. The Morgan fingerprint density at radius 2 is 1.82 bits per heavy atom. The number of carbonyl (C=O) groups is 1. The molecular weight excluding hydrogens is 276 g/mol. The van der Waals surface area contributed by atoms with Crippen LogP contribution in [0.5, 0.6) is 0 Å². The van der Waals surface area contributed by atoms with Crippen LogP contribution in [-0.2, 0) is 11.3 Å². The van der Waals surface area contributed by atoms with E-state index >= 15 is 0 Å². The quantitative estimate of drug-likeness (QED) is 0.786. The predicted molar refractivity (Wildman–Crippen MR) is 85.1 cm³/mol. The maximum Gasteiger partial charge on any atom is 0.226 e. The van der Waals surface area contributed by atoms with Crippen LogP contribution in [0.4, 0.5) is 5.69 Å². The lowest BCUT2D eigenvalue weighted by Gasteiger charge is -2.11. The van der Waals surface area contributed by atoms with Gasteiger partial charge in [0.05, 0.1) is 6.54 Å². The van der Waals surface area contributed by atoms with E-state index in [-0.39, 0.29) is 5.91 Å². The maximum absolute atomic E-state index is 12.1. The van der Waals surface area contributed by atoms with Crippen LogP contribution in [0.3, 0.4) is 0 Å². The molecule has 1 aromatic heterocycles. The molecule has 1 amide bonds. The molecule has 0 saturated heterocycles. The summed E-state index contributed by atoms with van der Waals surface area (Å²) in [5, 5.41) is 6.96. The molecule has 0 bridgehead atoms. The first-order valence-corrected chi connectivity index (χ1v) is 7.09. The summed E-state index contributed by atoms with van der Waals surface area (Å²) in [4.78, 5) is 16.0. The molecular formula is C17H16N4O. The fraction of sp³-hybridized carbons (Fsp3) is 0.118. The number of carbonyl (C=O) groups excluding carboxylic acids is 1. The van der Waals surface area contributed by atoms with E-state index in [2.05, 4.69) is 15.4 Å². The van der Waals surface area contributed by atoms with Gasteiger partial charge < -0.3 is 5.32 Å². The van der Waals surface area contributed by atoms with Gasteiger partial charge in [0, 0.05) is 17.7 Å². The lowest BCUT2D eigenvalue weighted by atomic mass is 10.0. The Labute approximate surface area is 128 Å². The summed E-state index contributed by atoms with van der Waals surface area (Å²) in [5.41, 5.74) is 2.91. The Kier molecular flexibility index (Phi) is 4.25. The summed E-state index contributed by atoms with van der Waals surface area (Å²) >= 11 is 0. The highest BCUT2D eigenvalue weighted by Gasteiger charge is 2.08. The van der Waals surface area contributed by atoms with Crippen molar-refractivity contribution in [2.24, 2.45) is 0 Å². The van der Waals surface area contributed by atoms with Gasteiger partial charge in [0.1, 0.15) is 12.7 Å². The van der Waals surface area contributed by atoms with Gasteiger partial charge in [0.15, 0.2) is 0 Å². The van der Waals surface area contributed by atoms with Gasteiger partial charge in [-0.3, -0.25) is 9.48 Å². The van der Waals surface area contributed by atoms with Crippen LogP contribution in [0.15, 0.2) is 67.3 Å². The van der Waals surface area contributed by atoms with Gasteiger partial charge in [-0.25, -0.2) is 4.98 Å². The largest absolute Gasteiger partial charge is 0.325 e. The van der Waals surface area contributed by atoms with Crippen molar-refractivity contribution in [3.05, 3.63) is 67.3 Å². The zero-order valence-electron chi connectivity index (χ0n) is 12.0. The number of aromatic nitrogens is 3. The van der Waals surface area contributed by atoms with Crippen molar-refractivity contribution in [2.45, 2.75) is 13.0 Å². The van der Waals surface area contributed by atoms with Crippen molar-refractivity contribution in [1.29, 1.82) is 0 Å². The number of amides is 1. The molecule has 3 rings (SSSR count). The summed E-state index contributed by atoms with van der Waals surface area (Å²) in [7, 11) is 0. The third kappa shape index (κ3) is 3.38. The summed E-state index contributed by atoms with van der Waals surface area (Å²) in [6, 6.07) is 17.8. The minimum atomic E-state index is -0.0427. The van der Waals surface area contributed by atoms with Crippen LogP contribution in [0.1, 0.15) is 6.42 Å². The topological polar surface area (TPSA) is 59.8 Å². The van der Waals surface area contributed by atoms with Crippen LogP contribution < -0.4 is 5.32 Å². The zero-order valence-corrected chi connectivity index (χ0v) is 12.0. The Balaban J connectivity index is 1.71. The van der Waals surface area contributed by atoms with Crippen LogP contribution >= 0.6 is 0 Å². The first-order valence-electron chi connectivity index (χ1n) is 7.09. The SMILES string of the molecule is O=C(CCn1cncn1)Nc1ccccc1-c1ccccc1. The second-order valence-corrected chi connectivity index (χ2v) is 4.87. The molecule has 0 aliphatic rings. The Hall–Kier alpha value is -2.95. The van der Waals surface area contributed by atoms with Gasteiger partial charge in [0.25, 0.3) is 0 Å². The number of rotatable bonds is 5. The van der Waals surface area contributed by atoms with E-state index in [1.54, 1.807) is 11.0 Å². The summed E-state index contributed by atoms with van der Waals surface area (Å²) in [6.45, 7) is 0.513. The number of hydrogen-bond donors (Lipinski definition) is 1. The highest BCUT2D eigenvalue weighted by molar-refractivity contribution is 5.95. The molecule has 0 saturated carbocycles. The number of para-hydroxylation sites is 1. The minimum Gasteiger partial charge on any atom is -0.325 e. The van der Waals surface area contributed by atoms with Gasteiger partial charge in [-0.05, 0) is 11.6 Å².